The highest BCUT2D eigenvalue weighted by Gasteiger charge is 2.10. The van der Waals surface area contributed by atoms with E-state index in [9.17, 15) is 0 Å². The van der Waals surface area contributed by atoms with E-state index in [2.05, 4.69) is 69.6 Å². The molecule has 2 nitrogen and oxygen atoms in total. The molecule has 0 aliphatic rings. The maximum absolute atomic E-state index is 4.43. The van der Waals surface area contributed by atoms with Crippen LogP contribution in [0, 0.1) is 0 Å². The molecule has 0 radical (unpaired) electrons. The molecule has 0 spiro atoms. The maximum atomic E-state index is 4.43. The Hall–Kier alpha value is -1.19. The summed E-state index contributed by atoms with van der Waals surface area (Å²) in [5.74, 6) is 0. The minimum atomic E-state index is 0.436. The Morgan fingerprint density at radius 3 is 2.55 bits per heavy atom. The van der Waals surface area contributed by atoms with E-state index >= 15 is 0 Å². The summed E-state index contributed by atoms with van der Waals surface area (Å²) < 4.78 is 1.13. The largest absolute Gasteiger partial charge is 0.313 e. The van der Waals surface area contributed by atoms with Crippen LogP contribution in [0.25, 0.3) is 0 Å². The molecule has 1 N–H and O–H groups in total. The first-order valence-corrected chi connectivity index (χ1v) is 7.95. The van der Waals surface area contributed by atoms with Crippen molar-refractivity contribution < 1.29 is 0 Å². The Balaban J connectivity index is 2.01. The van der Waals surface area contributed by atoms with Crippen LogP contribution in [0.1, 0.15) is 24.6 Å². The highest BCUT2D eigenvalue weighted by molar-refractivity contribution is 9.10. The lowest BCUT2D eigenvalue weighted by Crippen LogP contribution is -2.34. The third-order valence-corrected chi connectivity index (χ3v) is 3.79. The Bertz CT molecular complexity index is 496. The Labute approximate surface area is 129 Å². The van der Waals surface area contributed by atoms with Crippen molar-refractivity contribution in [2.45, 2.75) is 32.2 Å². The first-order valence-electron chi connectivity index (χ1n) is 7.15. The fourth-order valence-electron chi connectivity index (χ4n) is 2.24. The molecule has 0 aliphatic heterocycles. The number of benzene rings is 1. The molecule has 0 amide bonds. The van der Waals surface area contributed by atoms with Gasteiger partial charge in [-0.1, -0.05) is 41.1 Å². The van der Waals surface area contributed by atoms with Gasteiger partial charge in [-0.2, -0.15) is 0 Å². The Kier molecular flexibility index (Phi) is 6.22. The molecule has 2 aromatic rings. The predicted octanol–water partition coefficient (Wildman–Crippen LogP) is 4.00. The van der Waals surface area contributed by atoms with Crippen molar-refractivity contribution in [3.63, 3.8) is 0 Å². The first-order chi connectivity index (χ1) is 9.78. The van der Waals surface area contributed by atoms with Crippen molar-refractivity contribution in [3.8, 4) is 0 Å². The van der Waals surface area contributed by atoms with Gasteiger partial charge >= 0.3 is 0 Å². The summed E-state index contributed by atoms with van der Waals surface area (Å²) in [6, 6.07) is 15.1. The van der Waals surface area contributed by atoms with Gasteiger partial charge in [0.25, 0.3) is 0 Å². The molecule has 1 aromatic carbocycles. The van der Waals surface area contributed by atoms with Crippen LogP contribution in [0.3, 0.4) is 0 Å². The second-order valence-corrected chi connectivity index (χ2v) is 5.92. The average molecular weight is 333 g/mol. The minimum absolute atomic E-state index is 0.436. The van der Waals surface area contributed by atoms with Gasteiger partial charge in [0.15, 0.2) is 0 Å². The fraction of sp³-hybridized carbons (Fsp3) is 0.353. The van der Waals surface area contributed by atoms with E-state index in [1.165, 1.54) is 5.56 Å². The van der Waals surface area contributed by atoms with Gasteiger partial charge in [0, 0.05) is 28.8 Å². The van der Waals surface area contributed by atoms with Crippen LogP contribution in [0.5, 0.6) is 0 Å². The summed E-state index contributed by atoms with van der Waals surface area (Å²) in [6.07, 6.45) is 5.02. The molecule has 2 rings (SSSR count). The van der Waals surface area contributed by atoms with Crippen molar-refractivity contribution >= 4 is 15.9 Å². The van der Waals surface area contributed by atoms with Crippen molar-refractivity contribution in [2.24, 2.45) is 0 Å². The highest BCUT2D eigenvalue weighted by atomic mass is 79.9. The van der Waals surface area contributed by atoms with E-state index in [1.807, 2.05) is 12.3 Å². The summed E-state index contributed by atoms with van der Waals surface area (Å²) in [7, 11) is 0. The van der Waals surface area contributed by atoms with Crippen LogP contribution in [0.2, 0.25) is 0 Å². The summed E-state index contributed by atoms with van der Waals surface area (Å²) in [4.78, 5) is 4.43. The third kappa shape index (κ3) is 5.06. The number of pyridine rings is 1. The van der Waals surface area contributed by atoms with E-state index in [1.54, 1.807) is 0 Å². The molecule has 106 valence electrons. The lowest BCUT2D eigenvalue weighted by atomic mass is 10.0. The lowest BCUT2D eigenvalue weighted by molar-refractivity contribution is 0.500. The highest BCUT2D eigenvalue weighted by Crippen LogP contribution is 2.13. The molecule has 1 unspecified atom stereocenters. The quantitative estimate of drug-likeness (QED) is 0.828. The van der Waals surface area contributed by atoms with Gasteiger partial charge in [-0.05, 0) is 49.2 Å². The first kappa shape index (κ1) is 15.2. The van der Waals surface area contributed by atoms with Crippen molar-refractivity contribution in [1.82, 2.24) is 10.3 Å². The summed E-state index contributed by atoms with van der Waals surface area (Å²) in [5, 5.41) is 3.63. The van der Waals surface area contributed by atoms with Crippen LogP contribution < -0.4 is 5.32 Å². The van der Waals surface area contributed by atoms with Gasteiger partial charge in [-0.15, -0.1) is 0 Å². The molecular weight excluding hydrogens is 312 g/mol. The molecule has 1 atom stereocenters. The Morgan fingerprint density at radius 2 is 1.90 bits per heavy atom. The second-order valence-electron chi connectivity index (χ2n) is 5.01. The van der Waals surface area contributed by atoms with Gasteiger partial charge in [0.05, 0.1) is 0 Å². The van der Waals surface area contributed by atoms with E-state index in [4.69, 9.17) is 0 Å². The topological polar surface area (TPSA) is 24.9 Å². The maximum Gasteiger partial charge on any atom is 0.0419 e. The van der Waals surface area contributed by atoms with Gasteiger partial charge in [0.1, 0.15) is 0 Å². The molecule has 1 heterocycles. The molecule has 0 aliphatic carbocycles. The number of hydrogen-bond acceptors (Lipinski definition) is 2. The van der Waals surface area contributed by atoms with Gasteiger partial charge in [-0.3, -0.25) is 4.98 Å². The van der Waals surface area contributed by atoms with Crippen molar-refractivity contribution in [1.29, 1.82) is 0 Å². The minimum Gasteiger partial charge on any atom is -0.313 e. The third-order valence-electron chi connectivity index (χ3n) is 3.26. The van der Waals surface area contributed by atoms with E-state index in [-0.39, 0.29) is 0 Å². The molecule has 3 heteroatoms. The number of nitrogens with zero attached hydrogens (tertiary/aromatic N) is 1. The van der Waals surface area contributed by atoms with Crippen LogP contribution in [0.4, 0.5) is 0 Å². The molecule has 0 fully saturated rings. The van der Waals surface area contributed by atoms with E-state index in [0.717, 1.165) is 36.0 Å². The smallest absolute Gasteiger partial charge is 0.0419 e. The SMILES string of the molecule is CCCNC(Cc1ccc(Br)cc1)Cc1ccccn1. The summed E-state index contributed by atoms with van der Waals surface area (Å²) in [6.45, 7) is 3.25. The Morgan fingerprint density at radius 1 is 1.10 bits per heavy atom. The predicted molar refractivity (Wildman–Crippen MR) is 87.9 cm³/mol. The number of nitrogens with one attached hydrogen (secondary N) is 1. The van der Waals surface area contributed by atoms with Crippen LogP contribution >= 0.6 is 15.9 Å². The average Bonchev–Trinajstić information content (AvgIpc) is 2.48. The fourth-order valence-corrected chi connectivity index (χ4v) is 2.51. The van der Waals surface area contributed by atoms with Crippen LogP contribution in [-0.2, 0) is 12.8 Å². The monoisotopic (exact) mass is 332 g/mol. The zero-order chi connectivity index (χ0) is 14.2. The van der Waals surface area contributed by atoms with Crippen LogP contribution in [0.15, 0.2) is 53.1 Å². The summed E-state index contributed by atoms with van der Waals surface area (Å²) >= 11 is 3.48. The van der Waals surface area contributed by atoms with Gasteiger partial charge < -0.3 is 5.32 Å². The number of halogens is 1. The molecule has 20 heavy (non-hydrogen) atoms. The van der Waals surface area contributed by atoms with Gasteiger partial charge in [-0.25, -0.2) is 0 Å². The zero-order valence-electron chi connectivity index (χ0n) is 11.8. The molecule has 0 bridgehead atoms. The van der Waals surface area contributed by atoms with E-state index in [0.29, 0.717) is 6.04 Å². The molecule has 0 saturated carbocycles. The molecule has 1 aromatic heterocycles. The molecular formula is C17H21BrN2. The zero-order valence-corrected chi connectivity index (χ0v) is 13.4. The normalized spacial score (nSPS) is 12.3. The van der Waals surface area contributed by atoms with Crippen molar-refractivity contribution in [3.05, 3.63) is 64.4 Å². The standard InChI is InChI=1S/C17H21BrN2/c1-2-10-19-17(13-16-5-3-4-11-20-16)12-14-6-8-15(18)9-7-14/h3-9,11,17,19H,2,10,12-13H2,1H3. The van der Waals surface area contributed by atoms with E-state index < -0.39 is 0 Å². The number of rotatable bonds is 7. The molecule has 0 saturated heterocycles. The van der Waals surface area contributed by atoms with Crippen molar-refractivity contribution in [2.75, 3.05) is 6.54 Å². The number of aromatic nitrogens is 1. The van der Waals surface area contributed by atoms with Gasteiger partial charge in [0.2, 0.25) is 0 Å². The number of hydrogen-bond donors (Lipinski definition) is 1. The lowest BCUT2D eigenvalue weighted by Gasteiger charge is -2.18. The summed E-state index contributed by atoms with van der Waals surface area (Å²) in [5.41, 5.74) is 2.51. The van der Waals surface area contributed by atoms with Crippen LogP contribution in [-0.4, -0.2) is 17.6 Å². The second kappa shape index (κ2) is 8.18.